The van der Waals surface area contributed by atoms with Crippen molar-refractivity contribution in [2.75, 3.05) is 13.2 Å². The van der Waals surface area contributed by atoms with Crippen LogP contribution < -0.4 is 0 Å². The van der Waals surface area contributed by atoms with Crippen molar-refractivity contribution in [3.8, 4) is 0 Å². The van der Waals surface area contributed by atoms with E-state index in [0.29, 0.717) is 5.92 Å². The minimum atomic E-state index is 0.542. The molecular weight excluding hydrogens is 166 g/mol. The largest absolute Gasteiger partial charge is 0.381 e. The zero-order chi connectivity index (χ0) is 9.26. The lowest BCUT2D eigenvalue weighted by molar-refractivity contribution is 0.0828. The Kier molecular flexibility index (Phi) is 2.31. The number of hydrogen-bond donors (Lipinski definition) is 0. The van der Waals surface area contributed by atoms with E-state index in [9.17, 15) is 0 Å². The molecule has 0 spiro atoms. The smallest absolute Gasteiger partial charge is 0.147 e. The Balaban J connectivity index is 2.18. The van der Waals surface area contributed by atoms with Gasteiger partial charge in [-0.1, -0.05) is 0 Å². The summed E-state index contributed by atoms with van der Waals surface area (Å²) in [5.41, 5.74) is 0. The highest BCUT2D eigenvalue weighted by atomic mass is 16.5. The second kappa shape index (κ2) is 3.46. The van der Waals surface area contributed by atoms with E-state index in [1.165, 1.54) is 0 Å². The zero-order valence-electron chi connectivity index (χ0n) is 8.16. The van der Waals surface area contributed by atoms with Gasteiger partial charge in [0.05, 0.1) is 0 Å². The van der Waals surface area contributed by atoms with E-state index in [1.54, 1.807) is 0 Å². The molecule has 1 aliphatic rings. The topological polar surface area (TPSA) is 39.9 Å². The van der Waals surface area contributed by atoms with Crippen molar-refractivity contribution >= 4 is 0 Å². The molecule has 0 radical (unpaired) electrons. The summed E-state index contributed by atoms with van der Waals surface area (Å²) in [6.45, 7) is 3.65. The van der Waals surface area contributed by atoms with Crippen LogP contribution in [0.4, 0.5) is 0 Å². The minimum Gasteiger partial charge on any atom is -0.381 e. The van der Waals surface area contributed by atoms with Crippen LogP contribution in [0.25, 0.3) is 0 Å². The molecule has 1 saturated heterocycles. The summed E-state index contributed by atoms with van der Waals surface area (Å²) in [7, 11) is 1.96. The van der Waals surface area contributed by atoms with Crippen LogP contribution in [-0.2, 0) is 11.8 Å². The first-order valence-electron chi connectivity index (χ1n) is 4.72. The molecule has 4 nitrogen and oxygen atoms in total. The van der Waals surface area contributed by atoms with Crippen molar-refractivity contribution in [3.63, 3.8) is 0 Å². The molecule has 0 bridgehead atoms. The first-order chi connectivity index (χ1) is 6.27. The van der Waals surface area contributed by atoms with Gasteiger partial charge in [-0.3, -0.25) is 4.68 Å². The summed E-state index contributed by atoms with van der Waals surface area (Å²) in [5.74, 6) is 2.52. The molecule has 0 saturated carbocycles. The van der Waals surface area contributed by atoms with Crippen LogP contribution in [0.5, 0.6) is 0 Å². The van der Waals surface area contributed by atoms with Crippen molar-refractivity contribution in [3.05, 3.63) is 11.6 Å². The summed E-state index contributed by atoms with van der Waals surface area (Å²) in [6, 6.07) is 0. The summed E-state index contributed by atoms with van der Waals surface area (Å²) in [4.78, 5) is 4.43. The van der Waals surface area contributed by atoms with Crippen LogP contribution in [0, 0.1) is 6.92 Å². The van der Waals surface area contributed by atoms with Gasteiger partial charge in [-0.05, 0) is 19.8 Å². The standard InChI is InChI=1S/C9H15N3O/c1-7-10-9(12(2)11-7)8-3-5-13-6-4-8/h8H,3-6H2,1-2H3. The predicted molar refractivity (Wildman–Crippen MR) is 48.5 cm³/mol. The summed E-state index contributed by atoms with van der Waals surface area (Å²) < 4.78 is 7.20. The van der Waals surface area contributed by atoms with E-state index in [-0.39, 0.29) is 0 Å². The van der Waals surface area contributed by atoms with Crippen molar-refractivity contribution in [2.24, 2.45) is 7.05 Å². The lowest BCUT2D eigenvalue weighted by atomic mass is 10.00. The van der Waals surface area contributed by atoms with Gasteiger partial charge in [0.15, 0.2) is 0 Å². The molecule has 0 unspecified atom stereocenters. The fourth-order valence-corrected chi connectivity index (χ4v) is 1.84. The Morgan fingerprint density at radius 2 is 2.08 bits per heavy atom. The molecule has 13 heavy (non-hydrogen) atoms. The quantitative estimate of drug-likeness (QED) is 0.649. The number of aromatic nitrogens is 3. The number of nitrogens with zero attached hydrogens (tertiary/aromatic N) is 3. The SMILES string of the molecule is Cc1nc(C2CCOCC2)n(C)n1. The highest BCUT2D eigenvalue weighted by Gasteiger charge is 2.20. The molecular formula is C9H15N3O. The lowest BCUT2D eigenvalue weighted by Gasteiger charge is -2.20. The molecule has 0 aromatic carbocycles. The molecule has 0 N–H and O–H groups in total. The number of hydrogen-bond acceptors (Lipinski definition) is 3. The molecule has 2 rings (SSSR count). The van der Waals surface area contributed by atoms with Gasteiger partial charge in [0, 0.05) is 26.2 Å². The normalized spacial score (nSPS) is 19.2. The van der Waals surface area contributed by atoms with E-state index < -0.39 is 0 Å². The molecule has 72 valence electrons. The van der Waals surface area contributed by atoms with E-state index in [2.05, 4.69) is 10.1 Å². The maximum atomic E-state index is 5.31. The van der Waals surface area contributed by atoms with Gasteiger partial charge < -0.3 is 4.74 Å². The monoisotopic (exact) mass is 181 g/mol. The second-order valence-electron chi connectivity index (χ2n) is 3.53. The maximum absolute atomic E-state index is 5.31. The summed E-state index contributed by atoms with van der Waals surface area (Å²) in [6.07, 6.45) is 2.15. The van der Waals surface area contributed by atoms with Crippen LogP contribution in [0.3, 0.4) is 0 Å². The van der Waals surface area contributed by atoms with Crippen LogP contribution in [0.1, 0.15) is 30.4 Å². The Labute approximate surface area is 77.9 Å². The van der Waals surface area contributed by atoms with Crippen LogP contribution >= 0.6 is 0 Å². The highest BCUT2D eigenvalue weighted by Crippen LogP contribution is 2.24. The third kappa shape index (κ3) is 1.72. The van der Waals surface area contributed by atoms with E-state index in [4.69, 9.17) is 4.74 Å². The zero-order valence-corrected chi connectivity index (χ0v) is 8.16. The molecule has 4 heteroatoms. The Morgan fingerprint density at radius 3 is 2.62 bits per heavy atom. The van der Waals surface area contributed by atoms with Crippen LogP contribution in [0.15, 0.2) is 0 Å². The maximum Gasteiger partial charge on any atom is 0.147 e. The Hall–Kier alpha value is -0.900. The molecule has 1 aliphatic heterocycles. The van der Waals surface area contributed by atoms with Gasteiger partial charge in [-0.25, -0.2) is 4.98 Å². The van der Waals surface area contributed by atoms with Crippen LogP contribution in [-0.4, -0.2) is 28.0 Å². The van der Waals surface area contributed by atoms with Gasteiger partial charge in [0.2, 0.25) is 0 Å². The predicted octanol–water partition coefficient (Wildman–Crippen LogP) is 1.02. The minimum absolute atomic E-state index is 0.542. The highest BCUT2D eigenvalue weighted by molar-refractivity contribution is 4.99. The van der Waals surface area contributed by atoms with E-state index >= 15 is 0 Å². The lowest BCUT2D eigenvalue weighted by Crippen LogP contribution is -2.17. The van der Waals surface area contributed by atoms with Crippen molar-refractivity contribution < 1.29 is 4.74 Å². The first-order valence-corrected chi connectivity index (χ1v) is 4.72. The Morgan fingerprint density at radius 1 is 1.38 bits per heavy atom. The van der Waals surface area contributed by atoms with Gasteiger partial charge in [0.25, 0.3) is 0 Å². The second-order valence-corrected chi connectivity index (χ2v) is 3.53. The van der Waals surface area contributed by atoms with Gasteiger partial charge in [-0.15, -0.1) is 0 Å². The number of ether oxygens (including phenoxy) is 1. The summed E-state index contributed by atoms with van der Waals surface area (Å²) in [5, 5.41) is 4.25. The third-order valence-corrected chi connectivity index (χ3v) is 2.49. The van der Waals surface area contributed by atoms with E-state index in [0.717, 1.165) is 37.7 Å². The van der Waals surface area contributed by atoms with Crippen molar-refractivity contribution in [1.82, 2.24) is 14.8 Å². The number of rotatable bonds is 1. The molecule has 1 fully saturated rings. The molecule has 0 amide bonds. The Bertz CT molecular complexity index is 289. The fraction of sp³-hybridized carbons (Fsp3) is 0.778. The van der Waals surface area contributed by atoms with Crippen LogP contribution in [0.2, 0.25) is 0 Å². The third-order valence-electron chi connectivity index (χ3n) is 2.49. The van der Waals surface area contributed by atoms with E-state index in [1.807, 2.05) is 18.7 Å². The molecule has 2 heterocycles. The fourth-order valence-electron chi connectivity index (χ4n) is 1.84. The number of aryl methyl sites for hydroxylation is 2. The van der Waals surface area contributed by atoms with Gasteiger partial charge >= 0.3 is 0 Å². The van der Waals surface area contributed by atoms with Crippen molar-refractivity contribution in [1.29, 1.82) is 0 Å². The molecule has 0 aliphatic carbocycles. The average molecular weight is 181 g/mol. The molecule has 1 aromatic rings. The first kappa shape index (κ1) is 8.69. The molecule has 0 atom stereocenters. The summed E-state index contributed by atoms with van der Waals surface area (Å²) >= 11 is 0. The average Bonchev–Trinajstić information content (AvgIpc) is 2.47. The van der Waals surface area contributed by atoms with Crippen molar-refractivity contribution in [2.45, 2.75) is 25.7 Å². The van der Waals surface area contributed by atoms with Gasteiger partial charge in [0.1, 0.15) is 11.6 Å². The van der Waals surface area contributed by atoms with Gasteiger partial charge in [-0.2, -0.15) is 5.10 Å². The molecule has 1 aromatic heterocycles.